The molecular weight excluding hydrogens is 200 g/mol. The van der Waals surface area contributed by atoms with Crippen LogP contribution in [-0.2, 0) is 4.29 Å². The van der Waals surface area contributed by atoms with Crippen LogP contribution in [0.15, 0.2) is 0 Å². The van der Waals surface area contributed by atoms with E-state index in [1.54, 1.807) is 0 Å². The summed E-state index contributed by atoms with van der Waals surface area (Å²) < 4.78 is 3.14. The molecule has 0 amide bonds. The van der Waals surface area contributed by atoms with E-state index in [4.69, 9.17) is 9.90 Å². The predicted molar refractivity (Wildman–Crippen MR) is 43.7 cm³/mol. The second kappa shape index (κ2) is 22.4. The van der Waals surface area contributed by atoms with Crippen molar-refractivity contribution in [2.24, 2.45) is 0 Å². The first kappa shape index (κ1) is 29.7. The Morgan fingerprint density at radius 3 is 1.44 bits per heavy atom. The van der Waals surface area contributed by atoms with E-state index >= 15 is 0 Å². The summed E-state index contributed by atoms with van der Waals surface area (Å²) in [6.45, 7) is 0. The Balaban J connectivity index is -0.0000000133. The third-order valence-electron chi connectivity index (χ3n) is 0.0660. The zero-order chi connectivity index (χ0) is 4.28. The Morgan fingerprint density at radius 1 is 1.33 bits per heavy atom. The van der Waals surface area contributed by atoms with Crippen molar-refractivity contribution >= 4 is 119 Å². The fraction of sp³-hybridized carbons (Fsp3) is 0. The van der Waals surface area contributed by atoms with Gasteiger partial charge in [-0.25, -0.2) is 4.79 Å². The summed E-state index contributed by atoms with van der Waals surface area (Å²) in [5.74, 6) is 0. The topological polar surface area (TPSA) is 46.5 Å². The van der Waals surface area contributed by atoms with Crippen LogP contribution in [0.4, 0.5) is 4.79 Å². The summed E-state index contributed by atoms with van der Waals surface area (Å²) in [6, 6.07) is 0. The van der Waals surface area contributed by atoms with E-state index in [1.165, 1.54) is 0 Å². The van der Waals surface area contributed by atoms with E-state index in [1.807, 2.05) is 0 Å². The molecule has 0 aliphatic rings. The molecule has 0 aromatic heterocycles. The first-order valence-electron chi connectivity index (χ1n) is 0.786. The van der Waals surface area contributed by atoms with Crippen LogP contribution in [0.1, 0.15) is 0 Å². The molecule has 0 heterocycles. The zero-order valence-corrected chi connectivity index (χ0v) is 4.12. The van der Waals surface area contributed by atoms with Gasteiger partial charge < -0.3 is 9.40 Å². The molecule has 0 spiro atoms. The second-order valence-corrected chi connectivity index (χ2v) is 0.497. The van der Waals surface area contributed by atoms with Crippen LogP contribution >= 0.6 is 24.3 Å². The third-order valence-corrected chi connectivity index (χ3v) is 0.198. The van der Waals surface area contributed by atoms with Crippen LogP contribution in [0.2, 0.25) is 0 Å². The van der Waals surface area contributed by atoms with Crippen LogP contribution < -0.4 is 0 Å². The van der Waals surface area contributed by atoms with Gasteiger partial charge in [0, 0.05) is 0 Å². The van der Waals surface area contributed by atoms with E-state index in [0.29, 0.717) is 0 Å². The molecule has 0 bridgehead atoms. The standard InChI is InChI=1S/CHClO3.ClH.3Na.3H/c2-5-1(3)4;;;;;;;/h(H,3,4);1H;;;;;;. The van der Waals surface area contributed by atoms with E-state index in [-0.39, 0.29) is 101 Å². The molecule has 0 aromatic rings. The summed E-state index contributed by atoms with van der Waals surface area (Å²) in [6.07, 6.45) is -1.48. The van der Waals surface area contributed by atoms with Crippen molar-refractivity contribution in [3.8, 4) is 0 Å². The van der Waals surface area contributed by atoms with E-state index in [2.05, 4.69) is 16.2 Å². The molecule has 0 aliphatic heterocycles. The molecule has 0 unspecified atom stereocenters. The summed E-state index contributed by atoms with van der Waals surface area (Å²) in [7, 11) is 0. The summed E-state index contributed by atoms with van der Waals surface area (Å²) >= 11 is 4.24. The molecule has 0 fully saturated rings. The first-order chi connectivity index (χ1) is 2.27. The van der Waals surface area contributed by atoms with Gasteiger partial charge in [-0.15, -0.1) is 12.4 Å². The molecule has 0 rings (SSSR count). The molecule has 44 valence electrons. The second-order valence-electron chi connectivity index (χ2n) is 0.343. The number of rotatable bonds is 0. The molecular formula is CH5Cl2Na3O3. The third kappa shape index (κ3) is 36.1. The van der Waals surface area contributed by atoms with Crippen LogP contribution in [0.5, 0.6) is 0 Å². The number of hydrogen-bond donors (Lipinski definition) is 1. The maximum atomic E-state index is 9.01. The zero-order valence-electron chi connectivity index (χ0n) is 2.55. The van der Waals surface area contributed by atoms with Crippen molar-refractivity contribution in [1.29, 1.82) is 0 Å². The summed E-state index contributed by atoms with van der Waals surface area (Å²) in [5, 5.41) is 7.37. The SMILES string of the molecule is Cl.O=C(O)OCl.[NaH].[NaH].[NaH]. The average Bonchev–Trinajstić information content (AvgIpc) is 1.38. The number of carbonyl (C=O) groups is 1. The molecule has 0 atom stereocenters. The van der Waals surface area contributed by atoms with Gasteiger partial charge in [0.2, 0.25) is 0 Å². The van der Waals surface area contributed by atoms with Gasteiger partial charge in [0.25, 0.3) is 0 Å². The van der Waals surface area contributed by atoms with Crippen LogP contribution in [0.3, 0.4) is 0 Å². The van der Waals surface area contributed by atoms with Crippen molar-refractivity contribution in [2.75, 3.05) is 0 Å². The molecule has 0 saturated carbocycles. The number of hydrogen-bond acceptors (Lipinski definition) is 2. The average molecular weight is 205 g/mol. The minimum atomic E-state index is -1.48. The molecule has 8 heteroatoms. The van der Waals surface area contributed by atoms with Gasteiger partial charge in [-0.2, -0.15) is 0 Å². The predicted octanol–water partition coefficient (Wildman–Crippen LogP) is -0.689. The van der Waals surface area contributed by atoms with Gasteiger partial charge in [-0.3, -0.25) is 0 Å². The minimum absolute atomic E-state index is 0. The first-order valence-corrected chi connectivity index (χ1v) is 1.09. The molecule has 9 heavy (non-hydrogen) atoms. The van der Waals surface area contributed by atoms with E-state index in [0.717, 1.165) is 0 Å². The van der Waals surface area contributed by atoms with Crippen LogP contribution in [0.25, 0.3) is 0 Å². The van der Waals surface area contributed by atoms with Gasteiger partial charge in [0.05, 0.1) is 0 Å². The molecule has 1 N–H and O–H groups in total. The Bertz CT molecular complexity index is 52.3. The monoisotopic (exact) mass is 204 g/mol. The van der Waals surface area contributed by atoms with Gasteiger partial charge in [0.1, 0.15) is 11.9 Å². The summed E-state index contributed by atoms with van der Waals surface area (Å²) in [4.78, 5) is 9.01. The quantitative estimate of drug-likeness (QED) is 0.532. The number of halogens is 2. The van der Waals surface area contributed by atoms with Crippen molar-refractivity contribution < 1.29 is 14.2 Å². The van der Waals surface area contributed by atoms with Gasteiger partial charge in [-0.05, 0) is 0 Å². The molecule has 0 radical (unpaired) electrons. The molecule has 3 nitrogen and oxygen atoms in total. The Morgan fingerprint density at radius 2 is 1.44 bits per heavy atom. The maximum absolute atomic E-state index is 9.01. The van der Waals surface area contributed by atoms with E-state index in [9.17, 15) is 0 Å². The normalized spacial score (nSPS) is 3.67. The van der Waals surface area contributed by atoms with Crippen molar-refractivity contribution in [3.05, 3.63) is 0 Å². The summed E-state index contributed by atoms with van der Waals surface area (Å²) in [5.41, 5.74) is 0. The fourth-order valence-corrected chi connectivity index (χ4v) is 0. The van der Waals surface area contributed by atoms with Gasteiger partial charge in [0.15, 0.2) is 0 Å². The fourth-order valence-electron chi connectivity index (χ4n) is 0. The van der Waals surface area contributed by atoms with Crippen molar-refractivity contribution in [2.45, 2.75) is 0 Å². The Hall–Kier alpha value is 2.85. The van der Waals surface area contributed by atoms with Crippen LogP contribution in [0, 0.1) is 0 Å². The number of carboxylic acid groups (broad SMARTS) is 1. The van der Waals surface area contributed by atoms with Crippen LogP contribution in [-0.4, -0.2) is 99.9 Å². The molecule has 0 aromatic carbocycles. The van der Waals surface area contributed by atoms with Crippen molar-refractivity contribution in [1.82, 2.24) is 0 Å². The van der Waals surface area contributed by atoms with E-state index < -0.39 is 6.16 Å². The Kier molecular flexibility index (Phi) is 74.1. The van der Waals surface area contributed by atoms with Gasteiger partial charge in [-0.1, -0.05) is 0 Å². The Labute approximate surface area is 131 Å². The molecule has 0 aliphatic carbocycles. The van der Waals surface area contributed by atoms with Crippen molar-refractivity contribution in [3.63, 3.8) is 0 Å². The van der Waals surface area contributed by atoms with Gasteiger partial charge >= 0.3 is 94.8 Å². The molecule has 0 saturated heterocycles.